The first-order chi connectivity index (χ1) is 8.49. The maximum atomic E-state index is 11.6. The van der Waals surface area contributed by atoms with Crippen LogP contribution < -0.4 is 5.32 Å². The second kappa shape index (κ2) is 4.93. The molecule has 1 heterocycles. The molecule has 4 amide bonds. The van der Waals surface area contributed by atoms with Gasteiger partial charge in [0.05, 0.1) is 6.10 Å². The van der Waals surface area contributed by atoms with E-state index in [-0.39, 0.29) is 31.5 Å². The third kappa shape index (κ3) is 2.79. The Balaban J connectivity index is 1.76. The summed E-state index contributed by atoms with van der Waals surface area (Å²) in [5.74, 6) is -0.515. The number of likely N-dealkylation sites (N-methyl/N-ethyl adjacent to an activating group) is 1. The minimum Gasteiger partial charge on any atom is -0.391 e. The van der Waals surface area contributed by atoms with E-state index in [2.05, 4.69) is 5.32 Å². The first kappa shape index (κ1) is 12.8. The minimum absolute atomic E-state index is 0.0107. The van der Waals surface area contributed by atoms with Crippen molar-refractivity contribution in [3.05, 3.63) is 0 Å². The first-order valence-corrected chi connectivity index (χ1v) is 5.99. The number of amides is 4. The second-order valence-corrected chi connectivity index (χ2v) is 4.83. The van der Waals surface area contributed by atoms with Crippen molar-refractivity contribution in [2.75, 3.05) is 26.7 Å². The summed E-state index contributed by atoms with van der Waals surface area (Å²) in [5, 5.41) is 12.1. The van der Waals surface area contributed by atoms with E-state index in [9.17, 15) is 19.5 Å². The highest BCUT2D eigenvalue weighted by Crippen LogP contribution is 2.32. The van der Waals surface area contributed by atoms with E-state index in [4.69, 9.17) is 0 Å². The number of imide groups is 1. The van der Waals surface area contributed by atoms with Gasteiger partial charge in [-0.2, -0.15) is 0 Å². The first-order valence-electron chi connectivity index (χ1n) is 5.99. The van der Waals surface area contributed by atoms with Gasteiger partial charge in [0, 0.05) is 13.6 Å². The monoisotopic (exact) mass is 255 g/mol. The minimum atomic E-state index is -0.526. The lowest BCUT2D eigenvalue weighted by atomic mass is 10.2. The molecule has 0 aromatic heterocycles. The molecule has 1 unspecified atom stereocenters. The lowest BCUT2D eigenvalue weighted by Crippen LogP contribution is -2.43. The molecule has 1 saturated heterocycles. The van der Waals surface area contributed by atoms with Gasteiger partial charge in [-0.3, -0.25) is 14.5 Å². The fourth-order valence-electron chi connectivity index (χ4n) is 1.89. The number of aliphatic hydroxyl groups is 1. The second-order valence-electron chi connectivity index (χ2n) is 4.83. The lowest BCUT2D eigenvalue weighted by molar-refractivity contribution is -0.130. The van der Waals surface area contributed by atoms with Crippen LogP contribution in [0.3, 0.4) is 0 Å². The van der Waals surface area contributed by atoms with E-state index in [0.717, 1.165) is 17.7 Å². The van der Waals surface area contributed by atoms with Crippen LogP contribution in [-0.2, 0) is 9.59 Å². The Hall–Kier alpha value is -1.63. The summed E-state index contributed by atoms with van der Waals surface area (Å²) in [6, 6.07) is -0.460. The molecule has 1 aliphatic carbocycles. The maximum Gasteiger partial charge on any atom is 0.327 e. The smallest absolute Gasteiger partial charge is 0.327 e. The average Bonchev–Trinajstić information content (AvgIpc) is 3.12. The average molecular weight is 255 g/mol. The van der Waals surface area contributed by atoms with Gasteiger partial charge < -0.3 is 15.3 Å². The van der Waals surface area contributed by atoms with Gasteiger partial charge in [-0.15, -0.1) is 0 Å². The van der Waals surface area contributed by atoms with E-state index >= 15 is 0 Å². The molecule has 18 heavy (non-hydrogen) atoms. The number of carbonyl (C=O) groups is 3. The molecular formula is C11H17N3O4. The van der Waals surface area contributed by atoms with Crippen LogP contribution in [-0.4, -0.2) is 65.5 Å². The van der Waals surface area contributed by atoms with E-state index in [1.807, 2.05) is 0 Å². The number of nitrogens with one attached hydrogen (secondary N) is 1. The summed E-state index contributed by atoms with van der Waals surface area (Å²) >= 11 is 0. The third-order valence-corrected chi connectivity index (χ3v) is 3.21. The van der Waals surface area contributed by atoms with Crippen molar-refractivity contribution >= 4 is 17.8 Å². The van der Waals surface area contributed by atoms with Crippen LogP contribution in [0.5, 0.6) is 0 Å². The van der Waals surface area contributed by atoms with Crippen LogP contribution in [0.2, 0.25) is 0 Å². The number of aliphatic hydroxyl groups excluding tert-OH is 1. The molecule has 0 spiro atoms. The molecule has 1 atom stereocenters. The molecule has 2 rings (SSSR count). The molecule has 1 saturated carbocycles. The lowest BCUT2D eigenvalue weighted by Gasteiger charge is -2.15. The van der Waals surface area contributed by atoms with Crippen LogP contribution >= 0.6 is 0 Å². The maximum absolute atomic E-state index is 11.6. The quantitative estimate of drug-likeness (QED) is 0.602. The molecular weight excluding hydrogens is 238 g/mol. The highest BCUT2D eigenvalue weighted by atomic mass is 16.3. The molecule has 2 fully saturated rings. The van der Waals surface area contributed by atoms with Crippen molar-refractivity contribution in [2.45, 2.75) is 18.9 Å². The molecule has 7 nitrogen and oxygen atoms in total. The van der Waals surface area contributed by atoms with Crippen LogP contribution in [0.1, 0.15) is 12.8 Å². The number of hydrogen-bond acceptors (Lipinski definition) is 4. The Morgan fingerprint density at radius 3 is 2.67 bits per heavy atom. The van der Waals surface area contributed by atoms with Crippen LogP contribution in [0.4, 0.5) is 4.79 Å². The van der Waals surface area contributed by atoms with Gasteiger partial charge >= 0.3 is 6.03 Å². The number of hydrogen-bond donors (Lipinski definition) is 2. The van der Waals surface area contributed by atoms with Crippen LogP contribution in [0.25, 0.3) is 0 Å². The Bertz CT molecular complexity index is 380. The zero-order chi connectivity index (χ0) is 13.3. The van der Waals surface area contributed by atoms with Crippen molar-refractivity contribution in [1.82, 2.24) is 15.1 Å². The van der Waals surface area contributed by atoms with Gasteiger partial charge in [-0.1, -0.05) is 0 Å². The molecule has 0 radical (unpaired) electrons. The SMILES string of the molecule is CN1CC(=O)N(CC(=O)NCC(O)C2CC2)C1=O. The Morgan fingerprint density at radius 2 is 2.17 bits per heavy atom. The summed E-state index contributed by atoms with van der Waals surface area (Å²) in [6.45, 7) is -0.0915. The summed E-state index contributed by atoms with van der Waals surface area (Å²) in [5.41, 5.74) is 0. The Kier molecular flexibility index (Phi) is 3.51. The van der Waals surface area contributed by atoms with E-state index in [1.54, 1.807) is 0 Å². The fourth-order valence-corrected chi connectivity index (χ4v) is 1.89. The molecule has 0 aromatic rings. The van der Waals surface area contributed by atoms with E-state index in [0.29, 0.717) is 0 Å². The molecule has 100 valence electrons. The van der Waals surface area contributed by atoms with Gasteiger partial charge in [0.1, 0.15) is 13.1 Å². The highest BCUT2D eigenvalue weighted by molar-refractivity contribution is 6.04. The van der Waals surface area contributed by atoms with Gasteiger partial charge in [-0.05, 0) is 18.8 Å². The number of carbonyl (C=O) groups excluding carboxylic acids is 3. The summed E-state index contributed by atoms with van der Waals surface area (Å²) < 4.78 is 0. The van der Waals surface area contributed by atoms with Crippen molar-refractivity contribution in [1.29, 1.82) is 0 Å². The number of urea groups is 1. The molecule has 2 N–H and O–H groups in total. The van der Waals surface area contributed by atoms with Gasteiger partial charge in [-0.25, -0.2) is 4.79 Å². The number of rotatable bonds is 5. The molecule has 1 aliphatic heterocycles. The zero-order valence-electron chi connectivity index (χ0n) is 10.3. The standard InChI is InChI=1S/C11H17N3O4/c1-13-6-10(17)14(11(13)18)5-9(16)12-4-8(15)7-2-3-7/h7-8,15H,2-6H2,1H3,(H,12,16). The van der Waals surface area contributed by atoms with Gasteiger partial charge in [0.25, 0.3) is 5.91 Å². The highest BCUT2D eigenvalue weighted by Gasteiger charge is 2.35. The Labute approximate surface area is 105 Å². The number of nitrogens with zero attached hydrogens (tertiary/aromatic N) is 2. The normalized spacial score (nSPS) is 21.4. The van der Waals surface area contributed by atoms with Crippen molar-refractivity contribution < 1.29 is 19.5 Å². The summed E-state index contributed by atoms with van der Waals surface area (Å²) in [4.78, 5) is 36.7. The topological polar surface area (TPSA) is 90.0 Å². The van der Waals surface area contributed by atoms with Crippen LogP contribution in [0, 0.1) is 5.92 Å². The molecule has 0 aromatic carbocycles. The summed E-state index contributed by atoms with van der Waals surface area (Å²) in [7, 11) is 1.51. The van der Waals surface area contributed by atoms with Gasteiger partial charge in [0.2, 0.25) is 5.91 Å². The van der Waals surface area contributed by atoms with E-state index in [1.165, 1.54) is 11.9 Å². The zero-order valence-corrected chi connectivity index (χ0v) is 10.3. The van der Waals surface area contributed by atoms with Crippen molar-refractivity contribution in [3.8, 4) is 0 Å². The molecule has 7 heteroatoms. The van der Waals surface area contributed by atoms with E-state index < -0.39 is 18.0 Å². The van der Waals surface area contributed by atoms with Crippen molar-refractivity contribution in [3.63, 3.8) is 0 Å². The van der Waals surface area contributed by atoms with Crippen LogP contribution in [0.15, 0.2) is 0 Å². The fraction of sp³-hybridized carbons (Fsp3) is 0.727. The molecule has 0 bridgehead atoms. The predicted molar refractivity (Wildman–Crippen MR) is 61.5 cm³/mol. The summed E-state index contributed by atoms with van der Waals surface area (Å²) in [6.07, 6.45) is 1.46. The third-order valence-electron chi connectivity index (χ3n) is 3.21. The Morgan fingerprint density at radius 1 is 1.50 bits per heavy atom. The predicted octanol–water partition coefficient (Wildman–Crippen LogP) is -1.23. The van der Waals surface area contributed by atoms with Gasteiger partial charge in [0.15, 0.2) is 0 Å². The largest absolute Gasteiger partial charge is 0.391 e. The molecule has 2 aliphatic rings. The van der Waals surface area contributed by atoms with Crippen molar-refractivity contribution in [2.24, 2.45) is 5.92 Å².